The molecule has 2 aromatic rings. The van der Waals surface area contributed by atoms with Gasteiger partial charge in [0, 0.05) is 7.05 Å². The topological polar surface area (TPSA) is 80.0 Å². The van der Waals surface area contributed by atoms with Crippen molar-refractivity contribution in [1.29, 1.82) is 0 Å². The number of aliphatic imine (C=N–C) groups is 1. The van der Waals surface area contributed by atoms with Crippen molar-refractivity contribution < 1.29 is 9.53 Å². The molecule has 0 aliphatic rings. The van der Waals surface area contributed by atoms with E-state index in [2.05, 4.69) is 22.4 Å². The van der Waals surface area contributed by atoms with Crippen molar-refractivity contribution in [1.82, 2.24) is 5.32 Å². The second-order valence-electron chi connectivity index (χ2n) is 6.01. The average Bonchev–Trinajstić information content (AvgIpc) is 2.65. The van der Waals surface area contributed by atoms with E-state index in [0.29, 0.717) is 30.5 Å². The van der Waals surface area contributed by atoms with Crippen LogP contribution in [0.1, 0.15) is 11.1 Å². The van der Waals surface area contributed by atoms with Gasteiger partial charge < -0.3 is 10.5 Å². The van der Waals surface area contributed by atoms with Gasteiger partial charge in [-0.25, -0.2) is 4.79 Å². The number of anilines is 1. The lowest BCUT2D eigenvalue weighted by Crippen LogP contribution is -2.44. The number of nitrogens with one attached hydrogen (secondary N) is 1. The summed E-state index contributed by atoms with van der Waals surface area (Å²) in [5.41, 5.74) is 8.53. The summed E-state index contributed by atoms with van der Waals surface area (Å²) in [5.74, 6) is 0.0446. The number of carbonyl (C=O) groups excluding carboxylic acids is 1. The summed E-state index contributed by atoms with van der Waals surface area (Å²) in [5, 5.41) is 3.05. The number of amides is 2. The highest BCUT2D eigenvalue weighted by Crippen LogP contribution is 2.28. The van der Waals surface area contributed by atoms with Gasteiger partial charge in [0.25, 0.3) is 0 Å². The van der Waals surface area contributed by atoms with E-state index in [1.165, 1.54) is 10.5 Å². The van der Waals surface area contributed by atoms with Crippen LogP contribution in [0.15, 0.2) is 53.5 Å². The predicted molar refractivity (Wildman–Crippen MR) is 111 cm³/mol. The molecular weight excluding hydrogens is 364 g/mol. The molecule has 27 heavy (non-hydrogen) atoms. The summed E-state index contributed by atoms with van der Waals surface area (Å²) in [6.07, 6.45) is 0.846. The molecule has 0 unspecified atom stereocenters. The molecule has 7 heteroatoms. The highest BCUT2D eigenvalue weighted by Gasteiger charge is 2.16. The fourth-order valence-electron chi connectivity index (χ4n) is 2.55. The molecule has 0 heterocycles. The molecule has 0 atom stereocenters. The molecule has 0 saturated carbocycles. The number of hydrogen-bond acceptors (Lipinski definition) is 3. The van der Waals surface area contributed by atoms with Gasteiger partial charge in [0.2, 0.25) is 0 Å². The fourth-order valence-corrected chi connectivity index (χ4v) is 2.90. The summed E-state index contributed by atoms with van der Waals surface area (Å²) in [7, 11) is 1.63. The SMILES string of the molecule is Cc1cccc(Cl)c1N(C)C(=O)NC(N)=NCCOCCc1ccccc1. The molecule has 2 amide bonds. The molecular formula is C20H25ClN4O2. The molecule has 0 spiro atoms. The average molecular weight is 389 g/mol. The van der Waals surface area contributed by atoms with Crippen LogP contribution in [0.2, 0.25) is 5.02 Å². The Hall–Kier alpha value is -2.57. The highest BCUT2D eigenvalue weighted by atomic mass is 35.5. The van der Waals surface area contributed by atoms with Crippen LogP contribution in [0.25, 0.3) is 0 Å². The summed E-state index contributed by atoms with van der Waals surface area (Å²) in [6.45, 7) is 3.30. The summed E-state index contributed by atoms with van der Waals surface area (Å²) >= 11 is 6.18. The Bertz CT molecular complexity index is 761. The lowest BCUT2D eigenvalue weighted by atomic mass is 10.2. The third-order valence-corrected chi connectivity index (χ3v) is 4.26. The van der Waals surface area contributed by atoms with E-state index in [9.17, 15) is 4.79 Å². The molecule has 0 aromatic heterocycles. The number of halogens is 1. The normalized spacial score (nSPS) is 11.3. The quantitative estimate of drug-likeness (QED) is 0.433. The van der Waals surface area contributed by atoms with Gasteiger partial charge in [0.1, 0.15) is 0 Å². The van der Waals surface area contributed by atoms with E-state index >= 15 is 0 Å². The van der Waals surface area contributed by atoms with Gasteiger partial charge in [0.15, 0.2) is 5.96 Å². The van der Waals surface area contributed by atoms with Crippen LogP contribution in [0.4, 0.5) is 10.5 Å². The number of aryl methyl sites for hydroxylation is 1. The van der Waals surface area contributed by atoms with Gasteiger partial charge in [-0.05, 0) is 30.5 Å². The largest absolute Gasteiger partial charge is 0.379 e. The first-order chi connectivity index (χ1) is 13.0. The maximum absolute atomic E-state index is 12.3. The molecule has 0 aliphatic heterocycles. The minimum absolute atomic E-state index is 0.0446. The zero-order chi connectivity index (χ0) is 19.6. The lowest BCUT2D eigenvalue weighted by molar-refractivity contribution is 0.145. The van der Waals surface area contributed by atoms with Crippen LogP contribution in [-0.4, -0.2) is 38.8 Å². The molecule has 0 aliphatic carbocycles. The van der Waals surface area contributed by atoms with Crippen molar-refractivity contribution in [3.63, 3.8) is 0 Å². The van der Waals surface area contributed by atoms with Gasteiger partial charge in [-0.1, -0.05) is 54.1 Å². The molecule has 3 N–H and O–H groups in total. The number of ether oxygens (including phenoxy) is 1. The van der Waals surface area contributed by atoms with E-state index < -0.39 is 6.03 Å². The molecule has 0 fully saturated rings. The Morgan fingerprint density at radius 2 is 1.93 bits per heavy atom. The lowest BCUT2D eigenvalue weighted by Gasteiger charge is -2.21. The first-order valence-electron chi connectivity index (χ1n) is 8.70. The monoisotopic (exact) mass is 388 g/mol. The van der Waals surface area contributed by atoms with Crippen LogP contribution >= 0.6 is 11.6 Å². The first-order valence-corrected chi connectivity index (χ1v) is 9.08. The van der Waals surface area contributed by atoms with E-state index in [1.54, 1.807) is 13.1 Å². The van der Waals surface area contributed by atoms with Crippen LogP contribution in [0.5, 0.6) is 0 Å². The number of nitrogens with zero attached hydrogens (tertiary/aromatic N) is 2. The van der Waals surface area contributed by atoms with Gasteiger partial charge in [-0.3, -0.25) is 15.2 Å². The number of hydrogen-bond donors (Lipinski definition) is 2. The fraction of sp³-hybridized carbons (Fsp3) is 0.300. The van der Waals surface area contributed by atoms with Gasteiger partial charge >= 0.3 is 6.03 Å². The van der Waals surface area contributed by atoms with E-state index in [4.69, 9.17) is 22.1 Å². The van der Waals surface area contributed by atoms with Crippen LogP contribution in [0, 0.1) is 6.92 Å². The number of guanidine groups is 1. The minimum Gasteiger partial charge on any atom is -0.379 e. The third kappa shape index (κ3) is 6.58. The van der Waals surface area contributed by atoms with Crippen molar-refractivity contribution >= 4 is 29.3 Å². The molecule has 6 nitrogen and oxygen atoms in total. The molecule has 2 aromatic carbocycles. The number of para-hydroxylation sites is 1. The van der Waals surface area contributed by atoms with Crippen molar-refractivity contribution in [3.8, 4) is 0 Å². The maximum Gasteiger partial charge on any atom is 0.328 e. The Balaban J connectivity index is 1.73. The Morgan fingerprint density at radius 1 is 1.19 bits per heavy atom. The van der Waals surface area contributed by atoms with Gasteiger partial charge in [-0.2, -0.15) is 0 Å². The number of benzene rings is 2. The minimum atomic E-state index is -0.405. The molecule has 0 bridgehead atoms. The second-order valence-corrected chi connectivity index (χ2v) is 6.42. The summed E-state index contributed by atoms with van der Waals surface area (Å²) in [6, 6.07) is 15.2. The number of urea groups is 1. The Morgan fingerprint density at radius 3 is 2.63 bits per heavy atom. The number of carbonyl (C=O) groups is 1. The second kappa shape index (κ2) is 10.5. The maximum atomic E-state index is 12.3. The summed E-state index contributed by atoms with van der Waals surface area (Å²) < 4.78 is 5.54. The Labute approximate surface area is 165 Å². The van der Waals surface area contributed by atoms with Crippen molar-refractivity contribution in [2.75, 3.05) is 31.7 Å². The smallest absolute Gasteiger partial charge is 0.328 e. The van der Waals surface area contributed by atoms with Gasteiger partial charge in [0.05, 0.1) is 30.5 Å². The van der Waals surface area contributed by atoms with Crippen LogP contribution < -0.4 is 16.0 Å². The zero-order valence-electron chi connectivity index (χ0n) is 15.6. The van der Waals surface area contributed by atoms with Crippen LogP contribution in [0.3, 0.4) is 0 Å². The number of nitrogens with two attached hydrogens (primary N) is 1. The van der Waals surface area contributed by atoms with Gasteiger partial charge in [-0.15, -0.1) is 0 Å². The Kier molecular flexibility index (Phi) is 8.10. The number of rotatable bonds is 7. The molecule has 144 valence electrons. The highest BCUT2D eigenvalue weighted by molar-refractivity contribution is 6.34. The van der Waals surface area contributed by atoms with Crippen LogP contribution in [-0.2, 0) is 11.2 Å². The molecule has 0 saturated heterocycles. The van der Waals surface area contributed by atoms with Crippen molar-refractivity contribution in [2.45, 2.75) is 13.3 Å². The van der Waals surface area contributed by atoms with E-state index in [-0.39, 0.29) is 5.96 Å². The van der Waals surface area contributed by atoms with E-state index in [0.717, 1.165) is 12.0 Å². The van der Waals surface area contributed by atoms with E-state index in [1.807, 2.05) is 37.3 Å². The van der Waals surface area contributed by atoms with Crippen molar-refractivity contribution in [3.05, 3.63) is 64.7 Å². The molecule has 2 rings (SSSR count). The molecule has 0 radical (unpaired) electrons. The summed E-state index contributed by atoms with van der Waals surface area (Å²) in [4.78, 5) is 17.8. The first kappa shape index (κ1) is 20.7. The standard InChI is InChI=1S/C20H25ClN4O2/c1-15-7-6-10-17(21)18(15)25(2)20(26)24-19(22)23-12-14-27-13-11-16-8-4-3-5-9-16/h3-10H,11-14H2,1-2H3,(H3,22,23,24,26). The predicted octanol–water partition coefficient (Wildman–Crippen LogP) is 3.37. The van der Waals surface area contributed by atoms with Crippen molar-refractivity contribution in [2.24, 2.45) is 10.7 Å². The zero-order valence-corrected chi connectivity index (χ0v) is 16.4. The third-order valence-electron chi connectivity index (χ3n) is 3.96.